The minimum absolute atomic E-state index is 0.0331. The van der Waals surface area contributed by atoms with Gasteiger partial charge in [-0.25, -0.2) is 0 Å². The van der Waals surface area contributed by atoms with Gasteiger partial charge in [-0.2, -0.15) is 5.10 Å². The number of fused-ring (bicyclic) bond motifs is 1. The quantitative estimate of drug-likeness (QED) is 0.291. The van der Waals surface area contributed by atoms with Crippen LogP contribution in [0.2, 0.25) is 0 Å². The number of hydrogen-bond acceptors (Lipinski definition) is 5. The summed E-state index contributed by atoms with van der Waals surface area (Å²) in [6.45, 7) is 0. The number of H-pyrrole nitrogens is 1. The van der Waals surface area contributed by atoms with Gasteiger partial charge in [-0.15, -0.1) is 0 Å². The number of aromatic nitrogens is 4. The first-order valence-corrected chi connectivity index (χ1v) is 12.2. The van der Waals surface area contributed by atoms with Crippen LogP contribution in [-0.2, 0) is 11.2 Å². The van der Waals surface area contributed by atoms with Crippen LogP contribution in [0.1, 0.15) is 34.6 Å². The third-order valence-electron chi connectivity index (χ3n) is 6.38. The molecule has 0 radical (unpaired) electrons. The van der Waals surface area contributed by atoms with E-state index in [0.29, 0.717) is 16.8 Å². The van der Waals surface area contributed by atoms with Gasteiger partial charge in [0.05, 0.1) is 29.3 Å². The first-order valence-electron chi connectivity index (χ1n) is 12.2. The fraction of sp³-hybridized carbons (Fsp3) is 0.138. The predicted octanol–water partition coefficient (Wildman–Crippen LogP) is 5.21. The molecule has 0 saturated heterocycles. The van der Waals surface area contributed by atoms with E-state index in [-0.39, 0.29) is 23.4 Å². The number of aromatic amines is 1. The second-order valence-electron chi connectivity index (χ2n) is 9.21. The first kappa shape index (κ1) is 22.6. The van der Waals surface area contributed by atoms with E-state index in [2.05, 4.69) is 42.9 Å². The SMILES string of the molecule is O=C(Nc1ccc(Cc2ccccc2)nc1)c1n[nH]c2ccc(-c3cncc(NC(=O)C4CC4)c3)cc12. The van der Waals surface area contributed by atoms with Crippen LogP contribution in [-0.4, -0.2) is 32.0 Å². The largest absolute Gasteiger partial charge is 0.324 e. The van der Waals surface area contributed by atoms with Crippen LogP contribution in [0.3, 0.4) is 0 Å². The molecule has 8 heteroatoms. The molecule has 0 aliphatic heterocycles. The normalized spacial score (nSPS) is 12.9. The molecule has 0 bridgehead atoms. The van der Waals surface area contributed by atoms with Gasteiger partial charge < -0.3 is 10.6 Å². The highest BCUT2D eigenvalue weighted by molar-refractivity contribution is 6.11. The maximum absolute atomic E-state index is 13.1. The third-order valence-corrected chi connectivity index (χ3v) is 6.38. The number of nitrogens with zero attached hydrogens (tertiary/aromatic N) is 3. The van der Waals surface area contributed by atoms with E-state index in [9.17, 15) is 9.59 Å². The Morgan fingerprint density at radius 1 is 0.865 bits per heavy atom. The van der Waals surface area contributed by atoms with Crippen LogP contribution in [0, 0.1) is 5.92 Å². The molecule has 0 spiro atoms. The van der Waals surface area contributed by atoms with Gasteiger partial charge in [-0.3, -0.25) is 24.7 Å². The van der Waals surface area contributed by atoms with E-state index in [1.807, 2.05) is 54.6 Å². The standard InChI is InChI=1S/C29H24N6O2/c36-28(19-6-7-19)33-24-13-21(15-30-16-24)20-8-11-26-25(14-20)27(35-34-26)29(37)32-23-10-9-22(31-17-23)12-18-4-2-1-3-5-18/h1-5,8-11,13-17,19H,6-7,12H2,(H,32,37)(H,33,36)(H,34,35). The topological polar surface area (TPSA) is 113 Å². The molecule has 182 valence electrons. The van der Waals surface area contributed by atoms with Gasteiger partial charge >= 0.3 is 0 Å². The highest BCUT2D eigenvalue weighted by Gasteiger charge is 2.29. The van der Waals surface area contributed by atoms with Crippen molar-refractivity contribution >= 4 is 34.1 Å². The first-order chi connectivity index (χ1) is 18.1. The summed E-state index contributed by atoms with van der Waals surface area (Å²) < 4.78 is 0. The van der Waals surface area contributed by atoms with Gasteiger partial charge in [-0.05, 0) is 54.3 Å². The Balaban J connectivity index is 1.19. The van der Waals surface area contributed by atoms with Crippen molar-refractivity contribution in [1.82, 2.24) is 20.2 Å². The van der Waals surface area contributed by atoms with Crippen molar-refractivity contribution in [3.63, 3.8) is 0 Å². The monoisotopic (exact) mass is 488 g/mol. The average Bonchev–Trinajstić information content (AvgIpc) is 3.69. The predicted molar refractivity (Wildman–Crippen MR) is 142 cm³/mol. The van der Waals surface area contributed by atoms with Crippen LogP contribution in [0.25, 0.3) is 22.0 Å². The summed E-state index contributed by atoms with van der Waals surface area (Å²) >= 11 is 0. The van der Waals surface area contributed by atoms with E-state index in [0.717, 1.165) is 41.6 Å². The number of hydrogen-bond donors (Lipinski definition) is 3. The Labute approximate surface area is 213 Å². The molecule has 1 aliphatic carbocycles. The molecule has 37 heavy (non-hydrogen) atoms. The zero-order chi connectivity index (χ0) is 25.2. The van der Waals surface area contributed by atoms with Crippen molar-refractivity contribution in [2.45, 2.75) is 19.3 Å². The zero-order valence-corrected chi connectivity index (χ0v) is 19.9. The molecule has 5 aromatic rings. The Bertz CT molecular complexity index is 1590. The van der Waals surface area contributed by atoms with Crippen LogP contribution in [0.4, 0.5) is 11.4 Å². The summed E-state index contributed by atoms with van der Waals surface area (Å²) in [5.41, 5.74) is 6.08. The molecule has 2 aromatic carbocycles. The summed E-state index contributed by atoms with van der Waals surface area (Å²) in [5.74, 6) is -0.183. The zero-order valence-electron chi connectivity index (χ0n) is 19.9. The smallest absolute Gasteiger partial charge is 0.276 e. The molecule has 3 N–H and O–H groups in total. The molecule has 1 aliphatic rings. The maximum Gasteiger partial charge on any atom is 0.276 e. The number of carbonyl (C=O) groups is 2. The minimum Gasteiger partial charge on any atom is -0.324 e. The van der Waals surface area contributed by atoms with Crippen molar-refractivity contribution in [1.29, 1.82) is 0 Å². The second-order valence-corrected chi connectivity index (χ2v) is 9.21. The number of nitrogens with one attached hydrogen (secondary N) is 3. The number of amides is 2. The molecular formula is C29H24N6O2. The number of anilines is 2. The molecule has 0 unspecified atom stereocenters. The van der Waals surface area contributed by atoms with Crippen LogP contribution >= 0.6 is 0 Å². The third kappa shape index (κ3) is 5.08. The maximum atomic E-state index is 13.1. The summed E-state index contributed by atoms with van der Waals surface area (Å²) in [6.07, 6.45) is 7.63. The van der Waals surface area contributed by atoms with Crippen LogP contribution < -0.4 is 10.6 Å². The van der Waals surface area contributed by atoms with Gasteiger partial charge in [0.25, 0.3) is 5.91 Å². The molecule has 3 aromatic heterocycles. The molecule has 2 amide bonds. The molecule has 1 saturated carbocycles. The molecule has 0 atom stereocenters. The summed E-state index contributed by atoms with van der Waals surface area (Å²) in [4.78, 5) is 34.0. The highest BCUT2D eigenvalue weighted by atomic mass is 16.2. The molecule has 1 fully saturated rings. The van der Waals surface area contributed by atoms with E-state index < -0.39 is 0 Å². The van der Waals surface area contributed by atoms with E-state index in [1.54, 1.807) is 18.6 Å². The number of benzene rings is 2. The minimum atomic E-state index is -0.329. The number of rotatable bonds is 7. The number of pyridine rings is 2. The fourth-order valence-corrected chi connectivity index (χ4v) is 4.22. The van der Waals surface area contributed by atoms with Crippen LogP contribution in [0.15, 0.2) is 85.3 Å². The summed E-state index contributed by atoms with van der Waals surface area (Å²) in [7, 11) is 0. The van der Waals surface area contributed by atoms with Crippen LogP contribution in [0.5, 0.6) is 0 Å². The van der Waals surface area contributed by atoms with Crippen molar-refractivity contribution in [2.24, 2.45) is 5.92 Å². The van der Waals surface area contributed by atoms with E-state index in [1.165, 1.54) is 5.56 Å². The lowest BCUT2D eigenvalue weighted by Crippen LogP contribution is -2.13. The average molecular weight is 489 g/mol. The highest BCUT2D eigenvalue weighted by Crippen LogP contribution is 2.31. The van der Waals surface area contributed by atoms with Gasteiger partial charge in [0.15, 0.2) is 5.69 Å². The van der Waals surface area contributed by atoms with Gasteiger partial charge in [-0.1, -0.05) is 36.4 Å². The lowest BCUT2D eigenvalue weighted by Gasteiger charge is -2.08. The lowest BCUT2D eigenvalue weighted by molar-refractivity contribution is -0.117. The summed E-state index contributed by atoms with van der Waals surface area (Å²) in [5, 5.41) is 13.7. The second kappa shape index (κ2) is 9.66. The van der Waals surface area contributed by atoms with Crippen molar-refractivity contribution in [3.05, 3.63) is 102 Å². The van der Waals surface area contributed by atoms with Gasteiger partial charge in [0.2, 0.25) is 5.91 Å². The molecule has 8 nitrogen and oxygen atoms in total. The Hall–Kier alpha value is -4.85. The van der Waals surface area contributed by atoms with E-state index >= 15 is 0 Å². The summed E-state index contributed by atoms with van der Waals surface area (Å²) in [6, 6.07) is 21.5. The Morgan fingerprint density at radius 3 is 2.51 bits per heavy atom. The van der Waals surface area contributed by atoms with Gasteiger partial charge in [0.1, 0.15) is 0 Å². The Kier molecular flexibility index (Phi) is 5.90. The fourth-order valence-electron chi connectivity index (χ4n) is 4.22. The van der Waals surface area contributed by atoms with Crippen molar-refractivity contribution < 1.29 is 9.59 Å². The van der Waals surface area contributed by atoms with Crippen molar-refractivity contribution in [3.8, 4) is 11.1 Å². The van der Waals surface area contributed by atoms with E-state index in [4.69, 9.17) is 0 Å². The molecular weight excluding hydrogens is 464 g/mol. The lowest BCUT2D eigenvalue weighted by atomic mass is 10.0. The number of carbonyl (C=O) groups excluding carboxylic acids is 2. The van der Waals surface area contributed by atoms with Gasteiger partial charge in [0, 0.05) is 35.2 Å². The Morgan fingerprint density at radius 2 is 1.73 bits per heavy atom. The van der Waals surface area contributed by atoms with Crippen molar-refractivity contribution in [2.75, 3.05) is 10.6 Å². The molecule has 6 rings (SSSR count). The molecule has 3 heterocycles.